The third-order valence-corrected chi connectivity index (χ3v) is 20.7. The zero-order valence-electron chi connectivity index (χ0n) is 54.2. The molecule has 14 aromatic rings. The van der Waals surface area contributed by atoms with Crippen LogP contribution in [-0.2, 0) is 18.6 Å². The zero-order valence-corrected chi connectivity index (χ0v) is 55.0. The van der Waals surface area contributed by atoms with Crippen LogP contribution in [0.1, 0.15) is 55.4 Å². The third kappa shape index (κ3) is 11.1. The zero-order chi connectivity index (χ0) is 64.3. The lowest BCUT2D eigenvalue weighted by Gasteiger charge is -2.32. The van der Waals surface area contributed by atoms with Crippen molar-refractivity contribution in [3.8, 4) is 44.5 Å². The van der Waals surface area contributed by atoms with Crippen LogP contribution >= 0.6 is 11.3 Å². The van der Waals surface area contributed by atoms with Gasteiger partial charge in [0, 0.05) is 70.5 Å². The highest BCUT2D eigenvalue weighted by Gasteiger charge is 2.53. The summed E-state index contributed by atoms with van der Waals surface area (Å²) in [5.74, 6) is 0. The van der Waals surface area contributed by atoms with Crippen LogP contribution in [0.15, 0.2) is 296 Å². The van der Waals surface area contributed by atoms with E-state index >= 15 is 0 Å². The van der Waals surface area contributed by atoms with Crippen molar-refractivity contribution in [3.63, 3.8) is 0 Å². The maximum absolute atomic E-state index is 6.65. The van der Waals surface area contributed by atoms with Crippen LogP contribution < -0.4 is 20.7 Å². The van der Waals surface area contributed by atoms with Gasteiger partial charge >= 0.3 is 14.2 Å². The van der Waals surface area contributed by atoms with Gasteiger partial charge in [0.1, 0.15) is 11.2 Å². The van der Waals surface area contributed by atoms with Gasteiger partial charge in [-0.15, -0.1) is 11.3 Å². The van der Waals surface area contributed by atoms with E-state index in [1.54, 1.807) is 0 Å². The van der Waals surface area contributed by atoms with Crippen molar-refractivity contribution in [2.45, 2.75) is 77.8 Å². The lowest BCUT2D eigenvalue weighted by Crippen LogP contribution is -2.41. The number of rotatable bonds is 12. The first-order valence-electron chi connectivity index (χ1n) is 32.4. The predicted octanol–water partition coefficient (Wildman–Crippen LogP) is 21.8. The summed E-state index contributed by atoms with van der Waals surface area (Å²) in [6, 6.07) is 103. The van der Waals surface area contributed by atoms with E-state index in [0.29, 0.717) is 0 Å². The number of hydrogen-bond acceptors (Lipinski definition) is 8. The Balaban J connectivity index is 0.000000155. The van der Waals surface area contributed by atoms with Crippen molar-refractivity contribution in [2.75, 3.05) is 9.80 Å². The molecule has 2 aliphatic rings. The van der Waals surface area contributed by atoms with Crippen LogP contribution in [-0.4, -0.2) is 36.6 Å². The molecule has 2 aliphatic heterocycles. The first-order chi connectivity index (χ1) is 45.6. The fraction of sp³-hybridized carbons (Fsp3) is 0.143. The summed E-state index contributed by atoms with van der Waals surface area (Å²) in [5.41, 5.74) is 17.8. The van der Waals surface area contributed by atoms with Gasteiger partial charge in [0.2, 0.25) is 0 Å². The van der Waals surface area contributed by atoms with E-state index in [1.807, 2.05) is 23.5 Å². The summed E-state index contributed by atoms with van der Waals surface area (Å²) in [4.78, 5) is 4.63. The molecule has 2 aromatic heterocycles. The topological polar surface area (TPSA) is 56.5 Å². The van der Waals surface area contributed by atoms with Crippen molar-refractivity contribution in [1.29, 1.82) is 0 Å². The van der Waals surface area contributed by atoms with Gasteiger partial charge in [-0.3, -0.25) is 0 Å². The van der Waals surface area contributed by atoms with Gasteiger partial charge in [-0.1, -0.05) is 200 Å². The smallest absolute Gasteiger partial charge is 0.455 e. The van der Waals surface area contributed by atoms with Gasteiger partial charge in [-0.2, -0.15) is 0 Å². The Morgan fingerprint density at radius 1 is 0.319 bits per heavy atom. The highest BCUT2D eigenvalue weighted by Crippen LogP contribution is 2.48. The second-order valence-corrected chi connectivity index (χ2v) is 27.5. The van der Waals surface area contributed by atoms with Crippen LogP contribution in [0.5, 0.6) is 0 Å². The molecule has 0 aliphatic carbocycles. The number of hydrogen-bond donors (Lipinski definition) is 0. The Labute approximate surface area is 555 Å². The van der Waals surface area contributed by atoms with E-state index in [9.17, 15) is 0 Å². The molecule has 4 heterocycles. The standard InChI is InChI=1S/C42H36BNO3.C42H36BNO2S/c1-41(2)42(3,4)47-43(46-41)37-24-14-11-22-33(37)35-27-29(28-36-34-23-13-16-26-39(34)45-40(35)36)32-21-12-15-25-38(32)44(30-17-7-5-8-18-30)31-19-9-6-10-20-31;1-41(2)42(3,4)46-43(45-41)31-23-19-30(20-24-31)36-28-27-35(39-37-17-11-12-18-38(37)47-40(36)39)29-21-25-34(26-22-29)44(32-13-7-5-8-14-32)33-15-9-6-10-16-33/h2*5-28H,1-4H3. The van der Waals surface area contributed by atoms with Gasteiger partial charge in [-0.25, -0.2) is 0 Å². The van der Waals surface area contributed by atoms with Gasteiger partial charge in [0.25, 0.3) is 0 Å². The molecule has 0 bridgehead atoms. The second-order valence-electron chi connectivity index (χ2n) is 26.4. The molecule has 0 saturated carbocycles. The average molecular weight is 1240 g/mol. The maximum atomic E-state index is 6.65. The number of anilines is 6. The third-order valence-electron chi connectivity index (χ3n) is 19.5. The quantitative estimate of drug-likeness (QED) is 0.113. The molecular weight excluding hydrogens is 1170 g/mol. The van der Waals surface area contributed by atoms with Gasteiger partial charge in [0.05, 0.1) is 28.1 Å². The number of thiophene rings is 1. The van der Waals surface area contributed by atoms with Gasteiger partial charge in [-0.05, 0) is 191 Å². The molecule has 94 heavy (non-hydrogen) atoms. The summed E-state index contributed by atoms with van der Waals surface area (Å²) < 4.78 is 35.1. The molecule has 16 rings (SSSR count). The molecular formula is C84H72B2N2O5S. The van der Waals surface area contributed by atoms with Crippen LogP contribution in [0.4, 0.5) is 34.1 Å². The van der Waals surface area contributed by atoms with Crippen molar-refractivity contribution in [2.24, 2.45) is 0 Å². The van der Waals surface area contributed by atoms with Crippen LogP contribution in [0.3, 0.4) is 0 Å². The Morgan fingerprint density at radius 2 is 0.766 bits per heavy atom. The monoisotopic (exact) mass is 1240 g/mol. The normalized spacial score (nSPS) is 15.4. The Bertz CT molecular complexity index is 4940. The molecule has 460 valence electrons. The minimum Gasteiger partial charge on any atom is -0.455 e. The predicted molar refractivity (Wildman–Crippen MR) is 396 cm³/mol. The molecule has 2 fully saturated rings. The van der Waals surface area contributed by atoms with Gasteiger partial charge in [0.15, 0.2) is 0 Å². The Hall–Kier alpha value is -9.77. The molecule has 2 saturated heterocycles. The van der Waals surface area contributed by atoms with E-state index in [2.05, 4.69) is 344 Å². The lowest BCUT2D eigenvalue weighted by atomic mass is 9.74. The summed E-state index contributed by atoms with van der Waals surface area (Å²) in [6.07, 6.45) is 0. The number of para-hydroxylation sites is 6. The number of furan rings is 1. The molecule has 7 nitrogen and oxygen atoms in total. The molecule has 0 atom stereocenters. The first kappa shape index (κ1) is 60.5. The van der Waals surface area contributed by atoms with Crippen LogP contribution in [0.2, 0.25) is 0 Å². The van der Waals surface area contributed by atoms with E-state index in [0.717, 1.165) is 89.2 Å². The Morgan fingerprint density at radius 3 is 1.36 bits per heavy atom. The van der Waals surface area contributed by atoms with Crippen molar-refractivity contribution < 1.29 is 23.0 Å². The summed E-state index contributed by atoms with van der Waals surface area (Å²) >= 11 is 1.87. The minimum absolute atomic E-state index is 0.366. The number of nitrogens with zero attached hydrogens (tertiary/aromatic N) is 2. The number of fused-ring (bicyclic) bond motifs is 6. The van der Waals surface area contributed by atoms with Crippen LogP contribution in [0, 0.1) is 0 Å². The first-order valence-corrected chi connectivity index (χ1v) is 33.2. The molecule has 0 unspecified atom stereocenters. The van der Waals surface area contributed by atoms with E-state index in [-0.39, 0.29) is 18.3 Å². The minimum atomic E-state index is -0.516. The maximum Gasteiger partial charge on any atom is 0.495 e. The number of benzene rings is 12. The highest BCUT2D eigenvalue weighted by atomic mass is 32.1. The second kappa shape index (κ2) is 24.3. The van der Waals surface area contributed by atoms with E-state index in [4.69, 9.17) is 23.0 Å². The lowest BCUT2D eigenvalue weighted by molar-refractivity contribution is 0.00578. The van der Waals surface area contributed by atoms with E-state index in [1.165, 1.54) is 42.4 Å². The molecule has 0 amide bonds. The molecule has 0 radical (unpaired) electrons. The van der Waals surface area contributed by atoms with Crippen molar-refractivity contribution >= 4 is 113 Å². The van der Waals surface area contributed by atoms with E-state index < -0.39 is 18.3 Å². The average Bonchev–Trinajstić information content (AvgIpc) is 1.54. The summed E-state index contributed by atoms with van der Waals surface area (Å²) in [6.45, 7) is 16.8. The molecule has 10 heteroatoms. The largest absolute Gasteiger partial charge is 0.495 e. The fourth-order valence-electron chi connectivity index (χ4n) is 13.1. The highest BCUT2D eigenvalue weighted by molar-refractivity contribution is 7.26. The Kier molecular flexibility index (Phi) is 15.6. The van der Waals surface area contributed by atoms with Crippen molar-refractivity contribution in [1.82, 2.24) is 0 Å². The SMILES string of the molecule is CC1(C)OB(c2ccc(-c3ccc(-c4ccc(N(c5ccccc5)c5ccccc5)cc4)c4c3sc3ccccc34)cc2)OC1(C)C.CC1(C)OB(c2ccccc2-c2cc(-c3ccccc3N(c3ccccc3)c3ccccc3)cc3c2oc2ccccc23)OC1(C)C. The fourth-order valence-corrected chi connectivity index (χ4v) is 14.3. The molecule has 0 spiro atoms. The van der Waals surface area contributed by atoms with Crippen molar-refractivity contribution in [3.05, 3.63) is 291 Å². The van der Waals surface area contributed by atoms with Gasteiger partial charge < -0.3 is 32.8 Å². The van der Waals surface area contributed by atoms with Crippen LogP contribution in [0.25, 0.3) is 86.6 Å². The summed E-state index contributed by atoms with van der Waals surface area (Å²) in [7, 11) is -0.887. The summed E-state index contributed by atoms with van der Waals surface area (Å²) in [5, 5.41) is 4.74. The molecule has 0 N–H and O–H groups in total. The molecule has 12 aromatic carbocycles.